The number of aromatic nitrogens is 2. The summed E-state index contributed by atoms with van der Waals surface area (Å²) in [6.07, 6.45) is 0. The Morgan fingerprint density at radius 1 is 1.15 bits per heavy atom. The van der Waals surface area contributed by atoms with Crippen molar-refractivity contribution >= 4 is 39.6 Å². The van der Waals surface area contributed by atoms with Crippen LogP contribution >= 0.6 is 22.6 Å². The third-order valence-corrected chi connectivity index (χ3v) is 3.75. The fraction of sp³-hybridized carbons (Fsp3) is 0.0714. The molecule has 0 unspecified atom stereocenters. The summed E-state index contributed by atoms with van der Waals surface area (Å²) in [5.41, 5.74) is 7.84. The SMILES string of the molecule is Nc1nc2cc(I)ccc2n1Cc1ccc(F)cc1F. The Morgan fingerprint density at radius 3 is 2.70 bits per heavy atom. The van der Waals surface area contributed by atoms with Gasteiger partial charge in [-0.25, -0.2) is 13.8 Å². The molecule has 0 saturated heterocycles. The molecule has 0 atom stereocenters. The highest BCUT2D eigenvalue weighted by molar-refractivity contribution is 14.1. The Morgan fingerprint density at radius 2 is 1.95 bits per heavy atom. The molecule has 102 valence electrons. The van der Waals surface area contributed by atoms with Crippen molar-refractivity contribution in [2.24, 2.45) is 0 Å². The molecule has 0 bridgehead atoms. The van der Waals surface area contributed by atoms with E-state index in [4.69, 9.17) is 5.73 Å². The Balaban J connectivity index is 2.08. The van der Waals surface area contributed by atoms with Crippen molar-refractivity contribution < 1.29 is 8.78 Å². The van der Waals surface area contributed by atoms with Gasteiger partial charge in [0.25, 0.3) is 0 Å². The molecule has 0 aliphatic rings. The van der Waals surface area contributed by atoms with Gasteiger partial charge in [0.1, 0.15) is 11.6 Å². The van der Waals surface area contributed by atoms with Crippen molar-refractivity contribution in [2.45, 2.75) is 6.54 Å². The Labute approximate surface area is 127 Å². The monoisotopic (exact) mass is 385 g/mol. The van der Waals surface area contributed by atoms with Crippen molar-refractivity contribution in [3.05, 3.63) is 57.2 Å². The van der Waals surface area contributed by atoms with E-state index in [9.17, 15) is 8.78 Å². The summed E-state index contributed by atoms with van der Waals surface area (Å²) in [6.45, 7) is 0.217. The van der Waals surface area contributed by atoms with E-state index in [0.717, 1.165) is 20.7 Å². The molecule has 3 rings (SSSR count). The lowest BCUT2D eigenvalue weighted by Crippen LogP contribution is -2.06. The highest BCUT2D eigenvalue weighted by Gasteiger charge is 2.11. The van der Waals surface area contributed by atoms with Gasteiger partial charge in [0.05, 0.1) is 17.6 Å². The number of rotatable bonds is 2. The molecule has 2 N–H and O–H groups in total. The third kappa shape index (κ3) is 2.35. The number of fused-ring (bicyclic) bond motifs is 1. The maximum absolute atomic E-state index is 13.7. The van der Waals surface area contributed by atoms with Gasteiger partial charge in [-0.2, -0.15) is 0 Å². The molecule has 2 aromatic carbocycles. The highest BCUT2D eigenvalue weighted by atomic mass is 127. The summed E-state index contributed by atoms with van der Waals surface area (Å²) in [7, 11) is 0. The topological polar surface area (TPSA) is 43.8 Å². The van der Waals surface area contributed by atoms with Crippen LogP contribution in [0, 0.1) is 15.2 Å². The number of hydrogen-bond acceptors (Lipinski definition) is 2. The third-order valence-electron chi connectivity index (χ3n) is 3.08. The Kier molecular flexibility index (Phi) is 3.33. The molecule has 1 aromatic heterocycles. The molecule has 1 heterocycles. The van der Waals surface area contributed by atoms with E-state index in [1.165, 1.54) is 12.1 Å². The molecule has 0 amide bonds. The Bertz CT molecular complexity index is 798. The maximum Gasteiger partial charge on any atom is 0.201 e. The van der Waals surface area contributed by atoms with Crippen LogP contribution in [0.4, 0.5) is 14.7 Å². The summed E-state index contributed by atoms with van der Waals surface area (Å²) in [5, 5.41) is 0. The van der Waals surface area contributed by atoms with Crippen LogP contribution < -0.4 is 5.73 Å². The van der Waals surface area contributed by atoms with E-state index < -0.39 is 11.6 Å². The molecule has 0 fully saturated rings. The largest absolute Gasteiger partial charge is 0.369 e. The van der Waals surface area contributed by atoms with Crippen molar-refractivity contribution in [2.75, 3.05) is 5.73 Å². The second kappa shape index (κ2) is 5.01. The number of nitrogens with zero attached hydrogens (tertiary/aromatic N) is 2. The van der Waals surface area contributed by atoms with Crippen molar-refractivity contribution in [1.82, 2.24) is 9.55 Å². The number of benzene rings is 2. The summed E-state index contributed by atoms with van der Waals surface area (Å²) < 4.78 is 29.4. The van der Waals surface area contributed by atoms with Crippen LogP contribution in [0.15, 0.2) is 36.4 Å². The van der Waals surface area contributed by atoms with Crippen LogP contribution in [0.25, 0.3) is 11.0 Å². The second-order valence-corrected chi connectivity index (χ2v) is 5.67. The van der Waals surface area contributed by atoms with Gasteiger partial charge in [-0.05, 0) is 46.9 Å². The van der Waals surface area contributed by atoms with Gasteiger partial charge in [-0.15, -0.1) is 0 Å². The van der Waals surface area contributed by atoms with Gasteiger partial charge in [-0.3, -0.25) is 0 Å². The standard InChI is InChI=1S/C14H10F2IN3/c15-9-2-1-8(11(16)5-9)7-20-13-4-3-10(17)6-12(13)19-14(20)18/h1-6H,7H2,(H2,18,19). The van der Waals surface area contributed by atoms with Crippen LogP contribution in [0.1, 0.15) is 5.56 Å². The fourth-order valence-corrected chi connectivity index (χ4v) is 2.58. The summed E-state index contributed by atoms with van der Waals surface area (Å²) in [5.74, 6) is -0.869. The molecule has 0 aliphatic carbocycles. The summed E-state index contributed by atoms with van der Waals surface area (Å²) >= 11 is 2.19. The average Bonchev–Trinajstić information content (AvgIpc) is 2.68. The zero-order chi connectivity index (χ0) is 14.3. The van der Waals surface area contributed by atoms with Gasteiger partial charge in [-0.1, -0.05) is 6.07 Å². The molecule has 6 heteroatoms. The van der Waals surface area contributed by atoms with E-state index in [2.05, 4.69) is 27.6 Å². The van der Waals surface area contributed by atoms with Crippen LogP contribution in [0.3, 0.4) is 0 Å². The van der Waals surface area contributed by atoms with Gasteiger partial charge < -0.3 is 10.3 Å². The van der Waals surface area contributed by atoms with Crippen LogP contribution in [-0.2, 0) is 6.54 Å². The first kappa shape index (κ1) is 13.3. The quantitative estimate of drug-likeness (QED) is 0.686. The zero-order valence-corrected chi connectivity index (χ0v) is 12.4. The first-order valence-electron chi connectivity index (χ1n) is 5.90. The molecular formula is C14H10F2IN3. The second-order valence-electron chi connectivity index (χ2n) is 4.42. The van der Waals surface area contributed by atoms with E-state index in [1.807, 2.05) is 18.2 Å². The van der Waals surface area contributed by atoms with E-state index in [-0.39, 0.29) is 6.54 Å². The Hall–Kier alpha value is -1.70. The number of hydrogen-bond donors (Lipinski definition) is 1. The fourth-order valence-electron chi connectivity index (χ4n) is 2.11. The van der Waals surface area contributed by atoms with Crippen LogP contribution in [0.5, 0.6) is 0 Å². The maximum atomic E-state index is 13.7. The van der Waals surface area contributed by atoms with E-state index in [1.54, 1.807) is 4.57 Å². The van der Waals surface area contributed by atoms with Gasteiger partial charge in [0, 0.05) is 15.2 Å². The van der Waals surface area contributed by atoms with Crippen molar-refractivity contribution in [1.29, 1.82) is 0 Å². The predicted molar refractivity (Wildman–Crippen MR) is 82.3 cm³/mol. The van der Waals surface area contributed by atoms with Crippen molar-refractivity contribution in [3.63, 3.8) is 0 Å². The van der Waals surface area contributed by atoms with Crippen molar-refractivity contribution in [3.8, 4) is 0 Å². The lowest BCUT2D eigenvalue weighted by Gasteiger charge is -2.08. The first-order chi connectivity index (χ1) is 9.54. The van der Waals surface area contributed by atoms with Crippen LogP contribution in [0.2, 0.25) is 0 Å². The molecule has 0 saturated carbocycles. The number of nitrogens with two attached hydrogens (primary N) is 1. The molecular weight excluding hydrogens is 375 g/mol. The number of nitrogen functional groups attached to an aromatic ring is 1. The first-order valence-corrected chi connectivity index (χ1v) is 6.97. The molecule has 3 aromatic rings. The minimum absolute atomic E-state index is 0.217. The average molecular weight is 385 g/mol. The number of anilines is 1. The van der Waals surface area contributed by atoms with E-state index >= 15 is 0 Å². The van der Waals surface area contributed by atoms with Gasteiger partial charge in [0.2, 0.25) is 5.95 Å². The minimum Gasteiger partial charge on any atom is -0.369 e. The lowest BCUT2D eigenvalue weighted by atomic mass is 10.2. The smallest absolute Gasteiger partial charge is 0.201 e. The summed E-state index contributed by atoms with van der Waals surface area (Å²) in [4.78, 5) is 4.26. The van der Waals surface area contributed by atoms with E-state index in [0.29, 0.717) is 11.5 Å². The van der Waals surface area contributed by atoms with Crippen LogP contribution in [-0.4, -0.2) is 9.55 Å². The molecule has 0 spiro atoms. The van der Waals surface area contributed by atoms with Gasteiger partial charge in [0.15, 0.2) is 0 Å². The normalized spacial score (nSPS) is 11.2. The molecule has 0 radical (unpaired) electrons. The lowest BCUT2D eigenvalue weighted by molar-refractivity contribution is 0.568. The highest BCUT2D eigenvalue weighted by Crippen LogP contribution is 2.22. The predicted octanol–water partition coefficient (Wildman–Crippen LogP) is 3.55. The molecule has 20 heavy (non-hydrogen) atoms. The van der Waals surface area contributed by atoms with Gasteiger partial charge >= 0.3 is 0 Å². The number of halogens is 3. The molecule has 0 aliphatic heterocycles. The summed E-state index contributed by atoms with van der Waals surface area (Å²) in [6, 6.07) is 9.25. The number of imidazole rings is 1. The molecule has 3 nitrogen and oxygen atoms in total. The minimum atomic E-state index is -0.593. The zero-order valence-electron chi connectivity index (χ0n) is 10.3.